The fraction of sp³-hybridized carbons (Fsp3) is 0.900. The quantitative estimate of drug-likeness (QED) is 0.568. The van der Waals surface area contributed by atoms with E-state index in [9.17, 15) is 4.79 Å². The van der Waals surface area contributed by atoms with Crippen molar-refractivity contribution in [3.05, 3.63) is 0 Å². The number of rotatable bonds is 5. The Morgan fingerprint density at radius 1 is 1.19 bits per heavy atom. The molecule has 0 bridgehead atoms. The molecule has 1 N–H and O–H groups in total. The number of guanidine groups is 1. The summed E-state index contributed by atoms with van der Waals surface area (Å²) in [5.41, 5.74) is -0.205. The number of nitrogens with one attached hydrogen (secondary N) is 1. The van der Waals surface area contributed by atoms with Crippen molar-refractivity contribution in [1.82, 2.24) is 24.9 Å². The lowest BCUT2D eigenvalue weighted by Crippen LogP contribution is -2.66. The van der Waals surface area contributed by atoms with E-state index in [1.807, 2.05) is 4.90 Å². The van der Waals surface area contributed by atoms with E-state index in [1.165, 1.54) is 0 Å². The number of carbonyl (C=O) groups excluding carboxylic acids is 1. The molecule has 0 saturated carbocycles. The smallest absolute Gasteiger partial charge is 0.242 e. The molecule has 2 rings (SSSR count). The maximum Gasteiger partial charge on any atom is 0.242 e. The van der Waals surface area contributed by atoms with E-state index in [-0.39, 0.29) is 17.5 Å². The van der Waals surface area contributed by atoms with E-state index in [1.54, 1.807) is 7.05 Å². The largest absolute Gasteiger partial charge is 0.355 e. The number of amides is 1. The van der Waals surface area contributed by atoms with Crippen LogP contribution in [0.4, 0.5) is 0 Å². The molecule has 2 aliphatic heterocycles. The molecule has 1 atom stereocenters. The lowest BCUT2D eigenvalue weighted by Gasteiger charge is -2.49. The molecule has 1 amide bonds. The summed E-state index contributed by atoms with van der Waals surface area (Å²) < 4.78 is 0. The fourth-order valence-electron chi connectivity index (χ4n) is 4.53. The normalized spacial score (nSPS) is 23.9. The first-order chi connectivity index (χ1) is 12.7. The standard InChI is InChI=1S/C20H40N6O/c1-8-23-9-11-24(12-10-23)17(4)13-22-19(21-7)25-14-18(27)26(16(2)3)20(5,6)15-25/h16-17H,8-15H2,1-7H3,(H,21,22). The summed E-state index contributed by atoms with van der Waals surface area (Å²) in [6.45, 7) is 20.7. The van der Waals surface area contributed by atoms with Gasteiger partial charge < -0.3 is 20.0 Å². The number of likely N-dealkylation sites (N-methyl/N-ethyl adjacent to an activating group) is 1. The topological polar surface area (TPSA) is 54.4 Å². The number of aliphatic imine (C=N–C) groups is 1. The molecular weight excluding hydrogens is 340 g/mol. The Morgan fingerprint density at radius 3 is 2.30 bits per heavy atom. The van der Waals surface area contributed by atoms with Crippen molar-refractivity contribution < 1.29 is 4.79 Å². The highest BCUT2D eigenvalue weighted by molar-refractivity contribution is 5.88. The minimum atomic E-state index is -0.205. The molecule has 0 aliphatic carbocycles. The third-order valence-electron chi connectivity index (χ3n) is 5.89. The van der Waals surface area contributed by atoms with E-state index in [0.29, 0.717) is 12.6 Å². The summed E-state index contributed by atoms with van der Waals surface area (Å²) in [6.07, 6.45) is 0. The molecule has 2 heterocycles. The van der Waals surface area contributed by atoms with Gasteiger partial charge in [-0.1, -0.05) is 6.92 Å². The van der Waals surface area contributed by atoms with Crippen molar-refractivity contribution in [2.75, 3.05) is 59.4 Å². The van der Waals surface area contributed by atoms with Crippen molar-refractivity contribution in [2.24, 2.45) is 4.99 Å². The zero-order valence-corrected chi connectivity index (χ0v) is 18.5. The van der Waals surface area contributed by atoms with Crippen LogP contribution < -0.4 is 5.32 Å². The van der Waals surface area contributed by atoms with Crippen LogP contribution in [0.1, 0.15) is 41.5 Å². The van der Waals surface area contributed by atoms with Gasteiger partial charge in [0.15, 0.2) is 5.96 Å². The summed E-state index contributed by atoms with van der Waals surface area (Å²) in [5.74, 6) is 1.01. The second-order valence-corrected chi connectivity index (χ2v) is 8.77. The first-order valence-electron chi connectivity index (χ1n) is 10.4. The van der Waals surface area contributed by atoms with Gasteiger partial charge in [-0.2, -0.15) is 0 Å². The van der Waals surface area contributed by atoms with Crippen molar-refractivity contribution >= 4 is 11.9 Å². The van der Waals surface area contributed by atoms with Crippen molar-refractivity contribution in [1.29, 1.82) is 0 Å². The first-order valence-corrected chi connectivity index (χ1v) is 10.4. The Morgan fingerprint density at radius 2 is 1.81 bits per heavy atom. The Hall–Kier alpha value is -1.34. The van der Waals surface area contributed by atoms with Crippen LogP contribution in [0.5, 0.6) is 0 Å². The van der Waals surface area contributed by atoms with Crippen molar-refractivity contribution in [3.63, 3.8) is 0 Å². The van der Waals surface area contributed by atoms with E-state index in [2.05, 4.69) is 66.6 Å². The van der Waals surface area contributed by atoms with Gasteiger partial charge in [0.05, 0.1) is 12.1 Å². The summed E-state index contributed by atoms with van der Waals surface area (Å²) in [5, 5.41) is 3.51. The van der Waals surface area contributed by atoms with E-state index < -0.39 is 0 Å². The molecule has 0 aromatic heterocycles. The molecule has 2 fully saturated rings. The van der Waals surface area contributed by atoms with E-state index in [0.717, 1.165) is 51.8 Å². The van der Waals surface area contributed by atoms with Gasteiger partial charge in [0.2, 0.25) is 5.91 Å². The van der Waals surface area contributed by atoms with E-state index >= 15 is 0 Å². The molecular formula is C20H40N6O. The Labute approximate surface area is 165 Å². The first kappa shape index (κ1) is 22.0. The maximum absolute atomic E-state index is 12.7. The fourth-order valence-corrected chi connectivity index (χ4v) is 4.53. The molecule has 0 aromatic carbocycles. The van der Waals surface area contributed by atoms with Crippen LogP contribution in [0.2, 0.25) is 0 Å². The van der Waals surface area contributed by atoms with Gasteiger partial charge in [-0.3, -0.25) is 14.7 Å². The zero-order chi connectivity index (χ0) is 20.2. The second-order valence-electron chi connectivity index (χ2n) is 8.77. The van der Waals surface area contributed by atoms with E-state index in [4.69, 9.17) is 0 Å². The van der Waals surface area contributed by atoms with Crippen molar-refractivity contribution in [2.45, 2.75) is 59.2 Å². The highest BCUT2D eigenvalue weighted by Gasteiger charge is 2.40. The highest BCUT2D eigenvalue weighted by atomic mass is 16.2. The average molecular weight is 381 g/mol. The number of hydrogen-bond donors (Lipinski definition) is 1. The summed E-state index contributed by atoms with van der Waals surface area (Å²) in [7, 11) is 1.80. The van der Waals surface area contributed by atoms with Gasteiger partial charge in [0.1, 0.15) is 0 Å². The molecule has 7 heteroatoms. The maximum atomic E-state index is 12.7. The highest BCUT2D eigenvalue weighted by Crippen LogP contribution is 2.24. The molecule has 156 valence electrons. The minimum Gasteiger partial charge on any atom is -0.355 e. The molecule has 0 aromatic rings. The Bertz CT molecular complexity index is 525. The predicted molar refractivity (Wildman–Crippen MR) is 112 cm³/mol. The average Bonchev–Trinajstić information content (AvgIpc) is 2.60. The van der Waals surface area contributed by atoms with Gasteiger partial charge in [-0.25, -0.2) is 0 Å². The van der Waals surface area contributed by atoms with Crippen LogP contribution in [0.25, 0.3) is 0 Å². The SMILES string of the molecule is CCN1CCN(C(C)CNC(=NC)N2CC(=O)N(C(C)C)C(C)(C)C2)CC1. The van der Waals surface area contributed by atoms with Gasteiger partial charge in [0, 0.05) is 58.4 Å². The monoisotopic (exact) mass is 380 g/mol. The Balaban J connectivity index is 1.91. The number of carbonyl (C=O) groups is 1. The van der Waals surface area contributed by atoms with Crippen LogP contribution in [0, 0.1) is 0 Å². The second kappa shape index (κ2) is 9.24. The Kier molecular flexibility index (Phi) is 7.51. The van der Waals surface area contributed by atoms with Gasteiger partial charge in [-0.05, 0) is 41.2 Å². The summed E-state index contributed by atoms with van der Waals surface area (Å²) in [6, 6.07) is 0.660. The molecule has 1 unspecified atom stereocenters. The number of nitrogens with zero attached hydrogens (tertiary/aromatic N) is 5. The predicted octanol–water partition coefficient (Wildman–Crippen LogP) is 0.919. The summed E-state index contributed by atoms with van der Waals surface area (Å²) >= 11 is 0. The minimum absolute atomic E-state index is 0.174. The summed E-state index contributed by atoms with van der Waals surface area (Å²) in [4.78, 5) is 26.3. The van der Waals surface area contributed by atoms with Gasteiger partial charge in [0.25, 0.3) is 0 Å². The molecule has 27 heavy (non-hydrogen) atoms. The lowest BCUT2D eigenvalue weighted by atomic mass is 9.96. The van der Waals surface area contributed by atoms with Gasteiger partial charge in [-0.15, -0.1) is 0 Å². The lowest BCUT2D eigenvalue weighted by molar-refractivity contribution is -0.145. The van der Waals surface area contributed by atoms with Crippen LogP contribution in [-0.4, -0.2) is 108 Å². The molecule has 0 spiro atoms. The van der Waals surface area contributed by atoms with Crippen LogP contribution in [0.15, 0.2) is 4.99 Å². The van der Waals surface area contributed by atoms with Crippen LogP contribution in [-0.2, 0) is 4.79 Å². The third kappa shape index (κ3) is 5.35. The molecule has 2 saturated heterocycles. The van der Waals surface area contributed by atoms with Crippen LogP contribution >= 0.6 is 0 Å². The van der Waals surface area contributed by atoms with Gasteiger partial charge >= 0.3 is 0 Å². The zero-order valence-electron chi connectivity index (χ0n) is 18.5. The number of piperazine rings is 2. The third-order valence-corrected chi connectivity index (χ3v) is 5.89. The molecule has 0 radical (unpaired) electrons. The molecule has 7 nitrogen and oxygen atoms in total. The van der Waals surface area contributed by atoms with Crippen LogP contribution in [0.3, 0.4) is 0 Å². The number of hydrogen-bond acceptors (Lipinski definition) is 4. The molecule has 2 aliphatic rings. The van der Waals surface area contributed by atoms with Crippen molar-refractivity contribution in [3.8, 4) is 0 Å².